The first-order chi connectivity index (χ1) is 7.48. The van der Waals surface area contributed by atoms with E-state index in [0.29, 0.717) is 5.41 Å². The highest BCUT2D eigenvalue weighted by Gasteiger charge is 2.34. The molecular formula is C15H22O. The Morgan fingerprint density at radius 3 is 2.75 bits per heavy atom. The van der Waals surface area contributed by atoms with Crippen molar-refractivity contribution in [1.29, 1.82) is 0 Å². The summed E-state index contributed by atoms with van der Waals surface area (Å²) < 4.78 is 0. The number of aliphatic hydroxyl groups is 1. The summed E-state index contributed by atoms with van der Waals surface area (Å²) in [5, 5.41) is 9.67. The van der Waals surface area contributed by atoms with Crippen molar-refractivity contribution in [1.82, 2.24) is 0 Å². The van der Waals surface area contributed by atoms with Crippen LogP contribution in [0.15, 0.2) is 18.2 Å². The van der Waals surface area contributed by atoms with Gasteiger partial charge in [-0.15, -0.1) is 0 Å². The molecule has 1 nitrogen and oxygen atoms in total. The van der Waals surface area contributed by atoms with Crippen molar-refractivity contribution in [2.45, 2.75) is 52.6 Å². The molecule has 2 unspecified atom stereocenters. The molecule has 0 bridgehead atoms. The van der Waals surface area contributed by atoms with E-state index in [4.69, 9.17) is 0 Å². The standard InChI is InChI=1S/C15H22O/c1-11-4-5-12(2)13(8-11)9-15(3)7-6-14(16)10-15/h4-5,8,14,16H,6-7,9-10H2,1-3H3. The minimum atomic E-state index is -0.0740. The SMILES string of the molecule is Cc1ccc(C)c(CC2(C)CCC(O)C2)c1. The summed E-state index contributed by atoms with van der Waals surface area (Å²) in [6.07, 6.45) is 4.12. The highest BCUT2D eigenvalue weighted by atomic mass is 16.3. The van der Waals surface area contributed by atoms with Crippen LogP contribution in [0.2, 0.25) is 0 Å². The molecule has 1 fully saturated rings. The predicted molar refractivity (Wildman–Crippen MR) is 67.6 cm³/mol. The van der Waals surface area contributed by atoms with E-state index in [2.05, 4.69) is 39.0 Å². The van der Waals surface area contributed by atoms with Crippen LogP contribution in [0.4, 0.5) is 0 Å². The minimum Gasteiger partial charge on any atom is -0.393 e. The van der Waals surface area contributed by atoms with Crippen molar-refractivity contribution in [3.8, 4) is 0 Å². The Kier molecular flexibility index (Phi) is 3.07. The first-order valence-corrected chi connectivity index (χ1v) is 6.23. The number of hydrogen-bond acceptors (Lipinski definition) is 1. The van der Waals surface area contributed by atoms with Crippen LogP contribution in [0, 0.1) is 19.3 Å². The van der Waals surface area contributed by atoms with E-state index < -0.39 is 0 Å². The number of aryl methyl sites for hydroxylation is 2. The van der Waals surface area contributed by atoms with Gasteiger partial charge in [0.05, 0.1) is 6.10 Å². The molecule has 1 N–H and O–H groups in total. The van der Waals surface area contributed by atoms with E-state index in [0.717, 1.165) is 25.7 Å². The van der Waals surface area contributed by atoms with Gasteiger partial charge in [-0.1, -0.05) is 30.7 Å². The Balaban J connectivity index is 2.17. The van der Waals surface area contributed by atoms with Crippen LogP contribution < -0.4 is 0 Å². The predicted octanol–water partition coefficient (Wildman–Crippen LogP) is 3.40. The summed E-state index contributed by atoms with van der Waals surface area (Å²) in [5.41, 5.74) is 4.48. The zero-order valence-corrected chi connectivity index (χ0v) is 10.6. The van der Waals surface area contributed by atoms with Gasteiger partial charge in [0, 0.05) is 0 Å². The zero-order chi connectivity index (χ0) is 11.8. The van der Waals surface area contributed by atoms with E-state index >= 15 is 0 Å². The molecule has 16 heavy (non-hydrogen) atoms. The van der Waals surface area contributed by atoms with Crippen LogP contribution in [-0.2, 0) is 6.42 Å². The molecule has 1 saturated carbocycles. The maximum absolute atomic E-state index is 9.67. The lowest BCUT2D eigenvalue weighted by atomic mass is 9.80. The lowest BCUT2D eigenvalue weighted by Gasteiger charge is -2.24. The molecule has 0 heterocycles. The normalized spacial score (nSPS) is 29.6. The first kappa shape index (κ1) is 11.7. The van der Waals surface area contributed by atoms with Gasteiger partial charge in [0.15, 0.2) is 0 Å². The Labute approximate surface area is 98.5 Å². The molecule has 88 valence electrons. The number of benzene rings is 1. The van der Waals surface area contributed by atoms with Crippen molar-refractivity contribution in [3.63, 3.8) is 0 Å². The highest BCUT2D eigenvalue weighted by molar-refractivity contribution is 5.31. The summed E-state index contributed by atoms with van der Waals surface area (Å²) in [6, 6.07) is 6.68. The largest absolute Gasteiger partial charge is 0.393 e. The molecule has 1 aliphatic rings. The molecule has 2 atom stereocenters. The third kappa shape index (κ3) is 2.46. The molecule has 1 aromatic rings. The van der Waals surface area contributed by atoms with E-state index in [1.165, 1.54) is 16.7 Å². The number of hydrogen-bond donors (Lipinski definition) is 1. The van der Waals surface area contributed by atoms with Gasteiger partial charge in [-0.3, -0.25) is 0 Å². The summed E-state index contributed by atoms with van der Waals surface area (Å²) in [5.74, 6) is 0. The number of rotatable bonds is 2. The van der Waals surface area contributed by atoms with Gasteiger partial charge in [-0.2, -0.15) is 0 Å². The molecule has 0 saturated heterocycles. The van der Waals surface area contributed by atoms with Gasteiger partial charge in [0.1, 0.15) is 0 Å². The molecule has 0 aromatic heterocycles. The van der Waals surface area contributed by atoms with Crippen LogP contribution >= 0.6 is 0 Å². The molecule has 0 aliphatic heterocycles. The van der Waals surface area contributed by atoms with Crippen molar-refractivity contribution in [2.24, 2.45) is 5.41 Å². The van der Waals surface area contributed by atoms with Gasteiger partial charge in [-0.05, 0) is 56.1 Å². The second kappa shape index (κ2) is 4.21. The second-order valence-electron chi connectivity index (χ2n) is 5.81. The van der Waals surface area contributed by atoms with Crippen LogP contribution in [-0.4, -0.2) is 11.2 Å². The molecular weight excluding hydrogens is 196 g/mol. The average Bonchev–Trinajstić information content (AvgIpc) is 2.52. The Morgan fingerprint density at radius 1 is 1.38 bits per heavy atom. The maximum atomic E-state index is 9.67. The molecule has 0 spiro atoms. The molecule has 0 amide bonds. The van der Waals surface area contributed by atoms with Crippen molar-refractivity contribution < 1.29 is 5.11 Å². The zero-order valence-electron chi connectivity index (χ0n) is 10.6. The second-order valence-corrected chi connectivity index (χ2v) is 5.81. The summed E-state index contributed by atoms with van der Waals surface area (Å²) >= 11 is 0. The summed E-state index contributed by atoms with van der Waals surface area (Å²) in [6.45, 7) is 6.64. The maximum Gasteiger partial charge on any atom is 0.0545 e. The Bertz CT molecular complexity index is 383. The lowest BCUT2D eigenvalue weighted by Crippen LogP contribution is -2.17. The van der Waals surface area contributed by atoms with Crippen LogP contribution in [0.3, 0.4) is 0 Å². The van der Waals surface area contributed by atoms with E-state index in [-0.39, 0.29) is 6.10 Å². The van der Waals surface area contributed by atoms with Crippen LogP contribution in [0.5, 0.6) is 0 Å². The van der Waals surface area contributed by atoms with Gasteiger partial charge < -0.3 is 5.11 Å². The molecule has 2 rings (SSSR count). The third-order valence-corrected chi connectivity index (χ3v) is 3.93. The molecule has 1 aromatic carbocycles. The molecule has 1 aliphatic carbocycles. The Morgan fingerprint density at radius 2 is 2.12 bits per heavy atom. The summed E-state index contributed by atoms with van der Waals surface area (Å²) in [4.78, 5) is 0. The minimum absolute atomic E-state index is 0.0740. The van der Waals surface area contributed by atoms with Crippen molar-refractivity contribution in [2.75, 3.05) is 0 Å². The first-order valence-electron chi connectivity index (χ1n) is 6.23. The monoisotopic (exact) mass is 218 g/mol. The Hall–Kier alpha value is -0.820. The van der Waals surface area contributed by atoms with Gasteiger partial charge in [0.2, 0.25) is 0 Å². The number of aliphatic hydroxyl groups excluding tert-OH is 1. The topological polar surface area (TPSA) is 20.2 Å². The lowest BCUT2D eigenvalue weighted by molar-refractivity contribution is 0.163. The smallest absolute Gasteiger partial charge is 0.0545 e. The van der Waals surface area contributed by atoms with Gasteiger partial charge in [-0.25, -0.2) is 0 Å². The fourth-order valence-electron chi connectivity index (χ4n) is 2.90. The van der Waals surface area contributed by atoms with Gasteiger partial charge in [0.25, 0.3) is 0 Å². The summed E-state index contributed by atoms with van der Waals surface area (Å²) in [7, 11) is 0. The van der Waals surface area contributed by atoms with E-state index in [1.54, 1.807) is 0 Å². The van der Waals surface area contributed by atoms with Crippen LogP contribution in [0.25, 0.3) is 0 Å². The molecule has 1 heteroatoms. The quantitative estimate of drug-likeness (QED) is 0.806. The third-order valence-electron chi connectivity index (χ3n) is 3.93. The van der Waals surface area contributed by atoms with E-state index in [9.17, 15) is 5.11 Å². The van der Waals surface area contributed by atoms with Crippen LogP contribution in [0.1, 0.15) is 42.9 Å². The molecule has 0 radical (unpaired) electrons. The fourth-order valence-corrected chi connectivity index (χ4v) is 2.90. The van der Waals surface area contributed by atoms with Crippen molar-refractivity contribution >= 4 is 0 Å². The highest BCUT2D eigenvalue weighted by Crippen LogP contribution is 2.41. The van der Waals surface area contributed by atoms with E-state index in [1.807, 2.05) is 0 Å². The fraction of sp³-hybridized carbons (Fsp3) is 0.600. The van der Waals surface area contributed by atoms with Gasteiger partial charge >= 0.3 is 0 Å². The van der Waals surface area contributed by atoms with Crippen molar-refractivity contribution in [3.05, 3.63) is 34.9 Å². The average molecular weight is 218 g/mol.